The summed E-state index contributed by atoms with van der Waals surface area (Å²) in [5, 5.41) is 19.8. The van der Waals surface area contributed by atoms with Gasteiger partial charge in [-0.25, -0.2) is 9.78 Å². The minimum absolute atomic E-state index is 0.0618. The first kappa shape index (κ1) is 14.8. The van der Waals surface area contributed by atoms with Gasteiger partial charge in [0, 0.05) is 26.2 Å². The summed E-state index contributed by atoms with van der Waals surface area (Å²) in [7, 11) is 5.40. The van der Waals surface area contributed by atoms with E-state index in [9.17, 15) is 14.9 Å². The largest absolute Gasteiger partial charge is 0.477 e. The minimum Gasteiger partial charge on any atom is -0.477 e. The van der Waals surface area contributed by atoms with Crippen molar-refractivity contribution >= 4 is 17.5 Å². The molecule has 8 nitrogen and oxygen atoms in total. The third-order valence-corrected chi connectivity index (χ3v) is 2.51. The van der Waals surface area contributed by atoms with Gasteiger partial charge in [-0.2, -0.15) is 0 Å². The topological polar surface area (TPSA) is 99.8 Å². The maximum absolute atomic E-state index is 10.9. The Bertz CT molecular complexity index is 490. The Kier molecular flexibility index (Phi) is 4.76. The first-order chi connectivity index (χ1) is 8.82. The molecule has 104 valence electrons. The van der Waals surface area contributed by atoms with Gasteiger partial charge in [-0.05, 0) is 20.2 Å². The Morgan fingerprint density at radius 1 is 1.37 bits per heavy atom. The molecule has 0 atom stereocenters. The van der Waals surface area contributed by atoms with Gasteiger partial charge in [-0.1, -0.05) is 0 Å². The van der Waals surface area contributed by atoms with Crippen LogP contribution in [0.3, 0.4) is 0 Å². The Morgan fingerprint density at radius 2 is 2.00 bits per heavy atom. The summed E-state index contributed by atoms with van der Waals surface area (Å²) < 4.78 is 0. The lowest BCUT2D eigenvalue weighted by Crippen LogP contribution is -2.29. The summed E-state index contributed by atoms with van der Waals surface area (Å²) >= 11 is 0. The quantitative estimate of drug-likeness (QED) is 0.598. The predicted octanol–water partition coefficient (Wildman–Crippen LogP) is 0.686. The van der Waals surface area contributed by atoms with Crippen LogP contribution in [0.1, 0.15) is 10.5 Å². The van der Waals surface area contributed by atoms with E-state index < -0.39 is 10.9 Å². The van der Waals surface area contributed by atoms with Crippen molar-refractivity contribution in [2.75, 3.05) is 39.1 Å². The Labute approximate surface area is 110 Å². The number of anilines is 1. The SMILES string of the molecule is CN(C)CCN(C)c1nc(C(=O)O)ccc1[N+](=O)[O-]. The van der Waals surface area contributed by atoms with Crippen molar-refractivity contribution in [2.45, 2.75) is 0 Å². The summed E-state index contributed by atoms with van der Waals surface area (Å²) in [5.41, 5.74) is -0.413. The van der Waals surface area contributed by atoms with Crippen LogP contribution in [0.25, 0.3) is 0 Å². The highest BCUT2D eigenvalue weighted by Gasteiger charge is 2.21. The molecule has 0 fully saturated rings. The fourth-order valence-electron chi connectivity index (χ4n) is 1.44. The molecule has 8 heteroatoms. The monoisotopic (exact) mass is 268 g/mol. The fraction of sp³-hybridized carbons (Fsp3) is 0.455. The van der Waals surface area contributed by atoms with Gasteiger partial charge in [0.15, 0.2) is 5.69 Å². The number of likely N-dealkylation sites (N-methyl/N-ethyl adjacent to an activating group) is 2. The molecule has 0 aliphatic heterocycles. The van der Waals surface area contributed by atoms with Crippen LogP contribution in [-0.2, 0) is 0 Å². The maximum atomic E-state index is 10.9. The van der Waals surface area contributed by atoms with E-state index in [1.807, 2.05) is 19.0 Å². The molecule has 1 aromatic heterocycles. The number of hydrogen-bond acceptors (Lipinski definition) is 6. The molecule has 0 bridgehead atoms. The van der Waals surface area contributed by atoms with Crippen LogP contribution < -0.4 is 4.90 Å². The molecule has 0 radical (unpaired) electrons. The summed E-state index contributed by atoms with van der Waals surface area (Å²) in [4.78, 5) is 28.6. The summed E-state index contributed by atoms with van der Waals surface area (Å²) in [6.45, 7) is 1.18. The van der Waals surface area contributed by atoms with Gasteiger partial charge in [0.1, 0.15) is 0 Å². The first-order valence-corrected chi connectivity index (χ1v) is 5.57. The van der Waals surface area contributed by atoms with E-state index >= 15 is 0 Å². The summed E-state index contributed by atoms with van der Waals surface area (Å²) in [5.74, 6) is -1.15. The number of nitrogens with zero attached hydrogens (tertiary/aromatic N) is 4. The molecule has 0 unspecified atom stereocenters. The van der Waals surface area contributed by atoms with Gasteiger partial charge >= 0.3 is 11.7 Å². The number of nitro groups is 1. The van der Waals surface area contributed by atoms with Crippen LogP contribution >= 0.6 is 0 Å². The number of aromatic carboxylic acids is 1. The van der Waals surface area contributed by atoms with E-state index in [0.29, 0.717) is 13.1 Å². The third-order valence-electron chi connectivity index (χ3n) is 2.51. The lowest BCUT2D eigenvalue weighted by molar-refractivity contribution is -0.384. The van der Waals surface area contributed by atoms with E-state index in [1.54, 1.807) is 11.9 Å². The molecular weight excluding hydrogens is 252 g/mol. The molecule has 0 spiro atoms. The number of aromatic nitrogens is 1. The van der Waals surface area contributed by atoms with Gasteiger partial charge in [-0.15, -0.1) is 0 Å². The number of rotatable bonds is 6. The Balaban J connectivity index is 3.09. The highest BCUT2D eigenvalue weighted by atomic mass is 16.6. The number of carbonyl (C=O) groups is 1. The predicted molar refractivity (Wildman–Crippen MR) is 69.7 cm³/mol. The van der Waals surface area contributed by atoms with Crippen molar-refractivity contribution < 1.29 is 14.8 Å². The third kappa shape index (κ3) is 3.88. The molecule has 0 aliphatic rings. The molecule has 1 N–H and O–H groups in total. The second-order valence-corrected chi connectivity index (χ2v) is 4.33. The number of hydrogen-bond donors (Lipinski definition) is 1. The van der Waals surface area contributed by atoms with Crippen LogP contribution in [0, 0.1) is 10.1 Å². The van der Waals surface area contributed by atoms with E-state index in [4.69, 9.17) is 5.11 Å². The van der Waals surface area contributed by atoms with Crippen LogP contribution in [0.15, 0.2) is 12.1 Å². The lowest BCUT2D eigenvalue weighted by atomic mass is 10.3. The normalized spacial score (nSPS) is 10.5. The first-order valence-electron chi connectivity index (χ1n) is 5.57. The second-order valence-electron chi connectivity index (χ2n) is 4.33. The summed E-state index contributed by atoms with van der Waals surface area (Å²) in [6.07, 6.45) is 0. The van der Waals surface area contributed by atoms with Crippen molar-refractivity contribution in [1.29, 1.82) is 0 Å². The molecule has 19 heavy (non-hydrogen) atoms. The molecule has 1 rings (SSSR count). The minimum atomic E-state index is -1.21. The number of pyridine rings is 1. The zero-order valence-electron chi connectivity index (χ0n) is 11.0. The molecule has 0 saturated carbocycles. The van der Waals surface area contributed by atoms with Crippen LogP contribution in [0.4, 0.5) is 11.5 Å². The van der Waals surface area contributed by atoms with Crippen molar-refractivity contribution in [3.05, 3.63) is 27.9 Å². The van der Waals surface area contributed by atoms with Crippen molar-refractivity contribution in [2.24, 2.45) is 0 Å². The van der Waals surface area contributed by atoms with Gasteiger partial charge in [0.2, 0.25) is 5.82 Å². The molecule has 0 saturated heterocycles. The van der Waals surface area contributed by atoms with Gasteiger partial charge in [0.25, 0.3) is 0 Å². The van der Waals surface area contributed by atoms with Crippen LogP contribution in [-0.4, -0.2) is 60.1 Å². The number of carboxylic acid groups (broad SMARTS) is 1. The van der Waals surface area contributed by atoms with E-state index in [-0.39, 0.29) is 17.2 Å². The van der Waals surface area contributed by atoms with Gasteiger partial charge < -0.3 is 14.9 Å². The molecular formula is C11H16N4O4. The smallest absolute Gasteiger partial charge is 0.354 e. The zero-order chi connectivity index (χ0) is 14.6. The average molecular weight is 268 g/mol. The van der Waals surface area contributed by atoms with Crippen molar-refractivity contribution in [1.82, 2.24) is 9.88 Å². The summed E-state index contributed by atoms with van der Waals surface area (Å²) in [6, 6.07) is 2.29. The maximum Gasteiger partial charge on any atom is 0.354 e. The van der Waals surface area contributed by atoms with E-state index in [2.05, 4.69) is 4.98 Å². The fourth-order valence-corrected chi connectivity index (χ4v) is 1.44. The second kappa shape index (κ2) is 6.10. The highest BCUT2D eigenvalue weighted by molar-refractivity contribution is 5.86. The zero-order valence-corrected chi connectivity index (χ0v) is 11.0. The number of carboxylic acids is 1. The highest BCUT2D eigenvalue weighted by Crippen LogP contribution is 2.25. The van der Waals surface area contributed by atoms with Crippen molar-refractivity contribution in [3.63, 3.8) is 0 Å². The van der Waals surface area contributed by atoms with E-state index in [1.165, 1.54) is 0 Å². The Morgan fingerprint density at radius 3 is 2.47 bits per heavy atom. The van der Waals surface area contributed by atoms with Crippen LogP contribution in [0.2, 0.25) is 0 Å². The Hall–Kier alpha value is -2.22. The van der Waals surface area contributed by atoms with Gasteiger partial charge in [0.05, 0.1) is 4.92 Å². The molecule has 0 amide bonds. The van der Waals surface area contributed by atoms with Crippen LogP contribution in [0.5, 0.6) is 0 Å². The average Bonchev–Trinajstić information content (AvgIpc) is 2.34. The van der Waals surface area contributed by atoms with Gasteiger partial charge in [-0.3, -0.25) is 10.1 Å². The molecule has 0 aliphatic carbocycles. The lowest BCUT2D eigenvalue weighted by Gasteiger charge is -2.20. The molecule has 1 heterocycles. The van der Waals surface area contributed by atoms with Crippen molar-refractivity contribution in [3.8, 4) is 0 Å². The molecule has 0 aromatic carbocycles. The standard InChI is InChI=1S/C11H16N4O4/c1-13(2)6-7-14(3)10-9(15(18)19)5-4-8(12-10)11(16)17/h4-5H,6-7H2,1-3H3,(H,16,17). The molecule has 1 aromatic rings. The van der Waals surface area contributed by atoms with E-state index in [0.717, 1.165) is 12.1 Å².